The molecule has 1 aromatic heterocycles. The van der Waals surface area contributed by atoms with Crippen LogP contribution in [0.1, 0.15) is 20.8 Å². The minimum atomic E-state index is -0.590. The van der Waals surface area contributed by atoms with E-state index in [0.717, 1.165) is 0 Å². The lowest BCUT2D eigenvalue weighted by Gasteiger charge is -2.09. The highest BCUT2D eigenvalue weighted by Crippen LogP contribution is 2.22. The van der Waals surface area contributed by atoms with Crippen LogP contribution in [-0.4, -0.2) is 30.0 Å². The molecule has 0 aliphatic rings. The van der Waals surface area contributed by atoms with E-state index in [2.05, 4.69) is 0 Å². The number of hydrogen-bond acceptors (Lipinski definition) is 4. The number of benzene rings is 1. The van der Waals surface area contributed by atoms with E-state index in [0.29, 0.717) is 17.2 Å². The number of nitrogens with zero attached hydrogens (tertiary/aromatic N) is 1. The Balaban J connectivity index is 2.13. The second-order valence-electron chi connectivity index (χ2n) is 4.48. The fourth-order valence-electron chi connectivity index (χ4n) is 1.89. The van der Waals surface area contributed by atoms with Gasteiger partial charge >= 0.3 is 0 Å². The zero-order chi connectivity index (χ0) is 15.4. The van der Waals surface area contributed by atoms with Gasteiger partial charge in [0.15, 0.2) is 6.61 Å². The average molecular weight is 288 g/mol. The number of primary amides is 1. The van der Waals surface area contributed by atoms with E-state index < -0.39 is 5.91 Å². The quantitative estimate of drug-likeness (QED) is 0.814. The summed E-state index contributed by atoms with van der Waals surface area (Å²) in [7, 11) is 3.25. The van der Waals surface area contributed by atoms with Gasteiger partial charge in [-0.3, -0.25) is 9.59 Å². The van der Waals surface area contributed by atoms with Gasteiger partial charge in [-0.05, 0) is 24.3 Å². The summed E-state index contributed by atoms with van der Waals surface area (Å²) in [6.07, 6.45) is 1.78. The third-order valence-electron chi connectivity index (χ3n) is 3.00. The summed E-state index contributed by atoms with van der Waals surface area (Å²) in [5.41, 5.74) is 6.05. The molecule has 0 aliphatic heterocycles. The fourth-order valence-corrected chi connectivity index (χ4v) is 1.89. The maximum Gasteiger partial charge on any atom is 0.248 e. The highest BCUT2D eigenvalue weighted by Gasteiger charge is 2.12. The summed E-state index contributed by atoms with van der Waals surface area (Å²) in [5.74, 6) is 0.0387. The van der Waals surface area contributed by atoms with Crippen LogP contribution in [0, 0.1) is 0 Å². The predicted octanol–water partition coefficient (Wildman–Crippen LogP) is 1.39. The number of carbonyl (C=O) groups excluding carboxylic acids is 2. The number of hydrogen-bond donors (Lipinski definition) is 1. The molecule has 110 valence electrons. The van der Waals surface area contributed by atoms with Gasteiger partial charge in [0, 0.05) is 24.9 Å². The van der Waals surface area contributed by atoms with E-state index in [-0.39, 0.29) is 18.0 Å². The molecule has 6 nitrogen and oxygen atoms in total. The normalized spacial score (nSPS) is 10.2. The van der Waals surface area contributed by atoms with Crippen molar-refractivity contribution in [3.8, 4) is 11.5 Å². The van der Waals surface area contributed by atoms with Crippen LogP contribution in [0.5, 0.6) is 11.5 Å². The van der Waals surface area contributed by atoms with Crippen LogP contribution < -0.4 is 15.2 Å². The Bertz CT molecular complexity index is 676. The second kappa shape index (κ2) is 6.13. The van der Waals surface area contributed by atoms with E-state index in [9.17, 15) is 9.59 Å². The Labute approximate surface area is 122 Å². The van der Waals surface area contributed by atoms with Gasteiger partial charge in [0.25, 0.3) is 0 Å². The van der Waals surface area contributed by atoms with Crippen molar-refractivity contribution in [2.45, 2.75) is 0 Å². The summed E-state index contributed by atoms with van der Waals surface area (Å²) in [6, 6.07) is 8.07. The molecule has 0 aliphatic carbocycles. The molecule has 0 unspecified atom stereocenters. The SMILES string of the molecule is COc1cc(OCC(=O)c2cccn2C)cc(C(N)=O)c1. The van der Waals surface area contributed by atoms with Crippen LogP contribution in [0.25, 0.3) is 0 Å². The molecule has 6 heteroatoms. The molecule has 0 radical (unpaired) electrons. The predicted molar refractivity (Wildman–Crippen MR) is 76.8 cm³/mol. The number of ether oxygens (including phenoxy) is 2. The average Bonchev–Trinajstić information content (AvgIpc) is 2.90. The summed E-state index contributed by atoms with van der Waals surface area (Å²) < 4.78 is 12.2. The van der Waals surface area contributed by atoms with Crippen LogP contribution in [0.2, 0.25) is 0 Å². The zero-order valence-corrected chi connectivity index (χ0v) is 11.8. The molecule has 2 rings (SSSR count). The molecule has 0 atom stereocenters. The molecular weight excluding hydrogens is 272 g/mol. The maximum absolute atomic E-state index is 12.0. The first-order valence-corrected chi connectivity index (χ1v) is 6.27. The van der Waals surface area contributed by atoms with Crippen LogP contribution in [-0.2, 0) is 7.05 Å². The lowest BCUT2D eigenvalue weighted by molar-refractivity contribution is 0.0913. The van der Waals surface area contributed by atoms with Crippen molar-refractivity contribution in [3.05, 3.63) is 47.8 Å². The number of rotatable bonds is 6. The topological polar surface area (TPSA) is 83.6 Å². The van der Waals surface area contributed by atoms with E-state index in [1.54, 1.807) is 36.0 Å². The highest BCUT2D eigenvalue weighted by molar-refractivity contribution is 5.96. The molecule has 2 aromatic rings. The summed E-state index contributed by atoms with van der Waals surface area (Å²) in [4.78, 5) is 23.2. The minimum Gasteiger partial charge on any atom is -0.497 e. The van der Waals surface area contributed by atoms with Gasteiger partial charge in [-0.25, -0.2) is 0 Å². The standard InChI is InChI=1S/C15H16N2O4/c1-17-5-3-4-13(17)14(18)9-21-12-7-10(15(16)19)6-11(8-12)20-2/h3-8H,9H2,1-2H3,(H2,16,19). The Morgan fingerprint density at radius 2 is 1.95 bits per heavy atom. The largest absolute Gasteiger partial charge is 0.497 e. The number of carbonyl (C=O) groups is 2. The van der Waals surface area contributed by atoms with E-state index in [1.807, 2.05) is 0 Å². The molecule has 1 heterocycles. The maximum atomic E-state index is 12.0. The smallest absolute Gasteiger partial charge is 0.248 e. The first-order chi connectivity index (χ1) is 10.0. The molecule has 0 saturated heterocycles. The van der Waals surface area contributed by atoms with Gasteiger partial charge in [0.05, 0.1) is 12.8 Å². The number of aromatic nitrogens is 1. The second-order valence-corrected chi connectivity index (χ2v) is 4.48. The molecule has 0 spiro atoms. The highest BCUT2D eigenvalue weighted by atomic mass is 16.5. The van der Waals surface area contributed by atoms with Crippen molar-refractivity contribution in [1.82, 2.24) is 4.57 Å². The fraction of sp³-hybridized carbons (Fsp3) is 0.200. The van der Waals surface area contributed by atoms with Crippen LogP contribution in [0.4, 0.5) is 0 Å². The molecule has 1 amide bonds. The van der Waals surface area contributed by atoms with Gasteiger partial charge in [-0.15, -0.1) is 0 Å². The number of aryl methyl sites for hydroxylation is 1. The van der Waals surface area contributed by atoms with Gasteiger partial charge in [0.1, 0.15) is 11.5 Å². The van der Waals surface area contributed by atoms with E-state index in [4.69, 9.17) is 15.2 Å². The molecule has 0 fully saturated rings. The monoisotopic (exact) mass is 288 g/mol. The van der Waals surface area contributed by atoms with Crippen LogP contribution in [0.3, 0.4) is 0 Å². The summed E-state index contributed by atoms with van der Waals surface area (Å²) in [6.45, 7) is -0.136. The zero-order valence-electron chi connectivity index (χ0n) is 11.8. The molecule has 2 N–H and O–H groups in total. The Morgan fingerprint density at radius 3 is 2.52 bits per heavy atom. The molecule has 1 aromatic carbocycles. The van der Waals surface area contributed by atoms with Crippen molar-refractivity contribution in [1.29, 1.82) is 0 Å². The summed E-state index contributed by atoms with van der Waals surface area (Å²) >= 11 is 0. The third kappa shape index (κ3) is 3.42. The van der Waals surface area contributed by atoms with E-state index in [1.165, 1.54) is 19.2 Å². The van der Waals surface area contributed by atoms with Gasteiger partial charge in [-0.1, -0.05) is 0 Å². The lowest BCUT2D eigenvalue weighted by atomic mass is 10.2. The van der Waals surface area contributed by atoms with Crippen LogP contribution in [0.15, 0.2) is 36.5 Å². The van der Waals surface area contributed by atoms with Gasteiger partial charge < -0.3 is 19.8 Å². The third-order valence-corrected chi connectivity index (χ3v) is 3.00. The molecule has 0 saturated carbocycles. The number of nitrogens with two attached hydrogens (primary N) is 1. The van der Waals surface area contributed by atoms with Crippen molar-refractivity contribution in [3.63, 3.8) is 0 Å². The Hall–Kier alpha value is -2.76. The van der Waals surface area contributed by atoms with Crippen LogP contribution >= 0.6 is 0 Å². The van der Waals surface area contributed by atoms with Crippen molar-refractivity contribution in [2.75, 3.05) is 13.7 Å². The summed E-state index contributed by atoms with van der Waals surface area (Å²) in [5, 5.41) is 0. The number of amides is 1. The molecule has 0 bridgehead atoms. The van der Waals surface area contributed by atoms with Gasteiger partial charge in [0.2, 0.25) is 11.7 Å². The minimum absolute atomic E-state index is 0.136. The number of methoxy groups -OCH3 is 1. The number of Topliss-reactive ketones (excluding diaryl/α,β-unsaturated/α-hetero) is 1. The van der Waals surface area contributed by atoms with Gasteiger partial charge in [-0.2, -0.15) is 0 Å². The lowest BCUT2D eigenvalue weighted by Crippen LogP contribution is -2.15. The van der Waals surface area contributed by atoms with Crippen molar-refractivity contribution in [2.24, 2.45) is 12.8 Å². The van der Waals surface area contributed by atoms with Crippen molar-refractivity contribution < 1.29 is 19.1 Å². The van der Waals surface area contributed by atoms with Crippen molar-refractivity contribution >= 4 is 11.7 Å². The number of ketones is 1. The molecular formula is C15H16N2O4. The Morgan fingerprint density at radius 1 is 1.24 bits per heavy atom. The Kier molecular flexibility index (Phi) is 4.27. The van der Waals surface area contributed by atoms with E-state index >= 15 is 0 Å². The first-order valence-electron chi connectivity index (χ1n) is 6.27. The molecule has 21 heavy (non-hydrogen) atoms. The first kappa shape index (κ1) is 14.6.